The van der Waals surface area contributed by atoms with Gasteiger partial charge in [-0.2, -0.15) is 0 Å². The minimum atomic E-state index is -0.593. The number of nitrogens with one attached hydrogen (secondary N) is 1. The summed E-state index contributed by atoms with van der Waals surface area (Å²) in [6.45, 7) is 2.80. The number of carbonyl (C=O) groups is 3. The van der Waals surface area contributed by atoms with Gasteiger partial charge in [0.2, 0.25) is 5.91 Å². The Morgan fingerprint density at radius 1 is 1.27 bits per heavy atom. The van der Waals surface area contributed by atoms with Gasteiger partial charge in [0.25, 0.3) is 5.91 Å². The fourth-order valence-corrected chi connectivity index (χ4v) is 3.88. The number of pyridine rings is 1. The number of aromatic nitrogens is 1. The van der Waals surface area contributed by atoms with Gasteiger partial charge in [-0.25, -0.2) is 9.18 Å². The molecule has 10 heteroatoms. The number of likely N-dealkylation sites (tertiary alicyclic amines) is 1. The molecule has 0 saturated carbocycles. The molecule has 0 spiro atoms. The third kappa shape index (κ3) is 5.39. The highest BCUT2D eigenvalue weighted by molar-refractivity contribution is 5.94. The number of anilines is 1. The number of hydrogen-bond donors (Lipinski definition) is 1. The predicted molar refractivity (Wildman–Crippen MR) is 116 cm³/mol. The molecule has 0 bridgehead atoms. The monoisotopic (exact) mass is 456 g/mol. The van der Waals surface area contributed by atoms with E-state index in [0.717, 1.165) is 0 Å². The second-order valence-corrected chi connectivity index (χ2v) is 8.02. The van der Waals surface area contributed by atoms with Crippen LogP contribution in [0.15, 0.2) is 42.7 Å². The van der Waals surface area contributed by atoms with Gasteiger partial charge in [-0.1, -0.05) is 0 Å². The van der Waals surface area contributed by atoms with Crippen molar-refractivity contribution >= 4 is 23.6 Å². The fourth-order valence-electron chi connectivity index (χ4n) is 3.88. The highest BCUT2D eigenvalue weighted by Gasteiger charge is 2.33. The second-order valence-electron chi connectivity index (χ2n) is 8.02. The molecule has 33 heavy (non-hydrogen) atoms. The number of ether oxygens (including phenoxy) is 2. The Labute approximate surface area is 190 Å². The van der Waals surface area contributed by atoms with Gasteiger partial charge in [0.15, 0.2) is 11.6 Å². The molecule has 4 rings (SSSR count). The minimum Gasteiger partial charge on any atom is -0.487 e. The summed E-state index contributed by atoms with van der Waals surface area (Å²) in [7, 11) is 0. The van der Waals surface area contributed by atoms with Crippen molar-refractivity contribution < 1.29 is 28.2 Å². The predicted octanol–water partition coefficient (Wildman–Crippen LogP) is 2.37. The van der Waals surface area contributed by atoms with Crippen LogP contribution in [0.25, 0.3) is 0 Å². The summed E-state index contributed by atoms with van der Waals surface area (Å²) in [4.78, 5) is 42.7. The Bertz CT molecular complexity index is 1030. The molecular weight excluding hydrogens is 431 g/mol. The number of rotatable bonds is 6. The third-order valence-corrected chi connectivity index (χ3v) is 5.61. The van der Waals surface area contributed by atoms with Crippen molar-refractivity contribution in [1.82, 2.24) is 15.2 Å². The first-order valence-corrected chi connectivity index (χ1v) is 10.8. The molecule has 0 unspecified atom stereocenters. The van der Waals surface area contributed by atoms with Crippen LogP contribution in [0.1, 0.15) is 30.1 Å². The number of cyclic esters (lactones) is 1. The molecule has 3 heterocycles. The van der Waals surface area contributed by atoms with Crippen molar-refractivity contribution in [2.75, 3.05) is 31.1 Å². The number of amides is 3. The van der Waals surface area contributed by atoms with Gasteiger partial charge in [-0.05, 0) is 24.3 Å². The van der Waals surface area contributed by atoms with Crippen LogP contribution in [0.2, 0.25) is 0 Å². The van der Waals surface area contributed by atoms with Gasteiger partial charge >= 0.3 is 6.09 Å². The van der Waals surface area contributed by atoms with Crippen LogP contribution in [0.5, 0.6) is 5.75 Å². The van der Waals surface area contributed by atoms with Crippen molar-refractivity contribution in [2.45, 2.75) is 32.0 Å². The Balaban J connectivity index is 1.32. The summed E-state index contributed by atoms with van der Waals surface area (Å²) in [5.74, 6) is -0.784. The lowest BCUT2D eigenvalue weighted by Crippen LogP contribution is -2.41. The van der Waals surface area contributed by atoms with E-state index in [0.29, 0.717) is 37.2 Å². The number of nitrogens with zero attached hydrogens (tertiary/aromatic N) is 3. The van der Waals surface area contributed by atoms with Gasteiger partial charge in [-0.3, -0.25) is 19.5 Å². The van der Waals surface area contributed by atoms with Crippen molar-refractivity contribution in [3.8, 4) is 5.75 Å². The lowest BCUT2D eigenvalue weighted by molar-refractivity contribution is -0.119. The first kappa shape index (κ1) is 22.5. The van der Waals surface area contributed by atoms with Crippen LogP contribution < -0.4 is 15.0 Å². The zero-order valence-electron chi connectivity index (χ0n) is 18.2. The first-order valence-electron chi connectivity index (χ1n) is 10.8. The molecule has 1 aromatic carbocycles. The van der Waals surface area contributed by atoms with Crippen molar-refractivity contribution in [1.29, 1.82) is 0 Å². The van der Waals surface area contributed by atoms with Gasteiger partial charge in [0, 0.05) is 51.3 Å². The molecule has 0 aliphatic carbocycles. The lowest BCUT2D eigenvalue weighted by atomic mass is 10.1. The zero-order valence-corrected chi connectivity index (χ0v) is 18.2. The summed E-state index contributed by atoms with van der Waals surface area (Å²) < 4.78 is 25.8. The van der Waals surface area contributed by atoms with E-state index in [4.69, 9.17) is 9.47 Å². The summed E-state index contributed by atoms with van der Waals surface area (Å²) in [6, 6.07) is 7.78. The molecule has 1 N–H and O–H groups in total. The second kappa shape index (κ2) is 9.85. The van der Waals surface area contributed by atoms with Crippen molar-refractivity contribution in [3.05, 3.63) is 54.1 Å². The summed E-state index contributed by atoms with van der Waals surface area (Å²) >= 11 is 0. The van der Waals surface area contributed by atoms with Gasteiger partial charge in [0.1, 0.15) is 12.2 Å². The molecule has 2 saturated heterocycles. The molecule has 2 aliphatic heterocycles. The lowest BCUT2D eigenvalue weighted by Gasteiger charge is -2.32. The Hall–Kier alpha value is -3.69. The molecule has 9 nitrogen and oxygen atoms in total. The molecule has 1 aromatic heterocycles. The number of benzene rings is 1. The zero-order chi connectivity index (χ0) is 23.4. The molecule has 3 amide bonds. The van der Waals surface area contributed by atoms with Gasteiger partial charge in [-0.15, -0.1) is 0 Å². The van der Waals surface area contributed by atoms with Crippen LogP contribution in [-0.2, 0) is 9.53 Å². The molecule has 0 radical (unpaired) electrons. The largest absolute Gasteiger partial charge is 0.487 e. The normalized spacial score (nSPS) is 18.7. The van der Waals surface area contributed by atoms with Gasteiger partial charge in [0.05, 0.1) is 24.3 Å². The van der Waals surface area contributed by atoms with Crippen LogP contribution in [0, 0.1) is 5.82 Å². The average molecular weight is 456 g/mol. The van der Waals surface area contributed by atoms with Crippen molar-refractivity contribution in [2.24, 2.45) is 0 Å². The van der Waals surface area contributed by atoms with E-state index in [2.05, 4.69) is 10.3 Å². The Morgan fingerprint density at radius 3 is 2.73 bits per heavy atom. The molecule has 1 atom stereocenters. The average Bonchev–Trinajstić information content (AvgIpc) is 3.20. The molecule has 2 aromatic rings. The highest BCUT2D eigenvalue weighted by atomic mass is 19.1. The van der Waals surface area contributed by atoms with Crippen LogP contribution in [0.4, 0.5) is 14.9 Å². The van der Waals surface area contributed by atoms with E-state index in [1.165, 1.54) is 24.0 Å². The van der Waals surface area contributed by atoms with E-state index < -0.39 is 18.0 Å². The molecule has 2 aliphatic rings. The molecular formula is C23H25FN4O5. The SMILES string of the molecule is CC(=O)NC[C@H]1CN(c2ccc(OC3CCN(C(=O)c4cccnc4)CC3)c(F)c2)C(=O)O1. The maximum Gasteiger partial charge on any atom is 0.414 e. The fraction of sp³-hybridized carbons (Fsp3) is 0.391. The van der Waals surface area contributed by atoms with Crippen molar-refractivity contribution in [3.63, 3.8) is 0 Å². The summed E-state index contributed by atoms with van der Waals surface area (Å²) in [5.41, 5.74) is 0.894. The maximum absolute atomic E-state index is 14.7. The minimum absolute atomic E-state index is 0.0774. The van der Waals surface area contributed by atoms with Crippen LogP contribution in [0.3, 0.4) is 0 Å². The maximum atomic E-state index is 14.7. The van der Waals surface area contributed by atoms with E-state index in [1.54, 1.807) is 35.5 Å². The van der Waals surface area contributed by atoms with Crippen LogP contribution >= 0.6 is 0 Å². The number of piperidine rings is 1. The topological polar surface area (TPSA) is 101 Å². The van der Waals surface area contributed by atoms with Crippen LogP contribution in [-0.4, -0.2) is 66.2 Å². The first-order chi connectivity index (χ1) is 15.9. The number of carbonyl (C=O) groups excluding carboxylic acids is 3. The number of halogens is 1. The smallest absolute Gasteiger partial charge is 0.414 e. The Kier molecular flexibility index (Phi) is 6.71. The molecule has 2 fully saturated rings. The standard InChI is InChI=1S/C23H25FN4O5/c1-15(29)26-13-19-14-28(23(31)33-19)17-4-5-21(20(24)11-17)32-18-6-9-27(10-7-18)22(30)16-3-2-8-25-12-16/h2-5,8,11-12,18-19H,6-7,9-10,13-14H2,1H3,(H,26,29)/t19-/m0/s1. The van der Waals surface area contributed by atoms with E-state index in [9.17, 15) is 18.8 Å². The highest BCUT2D eigenvalue weighted by Crippen LogP contribution is 2.29. The quantitative estimate of drug-likeness (QED) is 0.716. The summed E-state index contributed by atoms with van der Waals surface area (Å²) in [6.07, 6.45) is 3.01. The van der Waals surface area contributed by atoms with Gasteiger partial charge < -0.3 is 19.7 Å². The van der Waals surface area contributed by atoms with E-state index >= 15 is 0 Å². The third-order valence-electron chi connectivity index (χ3n) is 5.61. The van der Waals surface area contributed by atoms with E-state index in [1.807, 2.05) is 0 Å². The molecule has 174 valence electrons. The van der Waals surface area contributed by atoms with E-state index in [-0.39, 0.29) is 36.8 Å². The number of hydrogen-bond acceptors (Lipinski definition) is 6. The Morgan fingerprint density at radius 2 is 2.06 bits per heavy atom. The summed E-state index contributed by atoms with van der Waals surface area (Å²) in [5, 5.41) is 2.60.